The van der Waals surface area contributed by atoms with Crippen LogP contribution in [0.25, 0.3) is 0 Å². The number of hydrogen-bond donors (Lipinski definition) is 2. The van der Waals surface area contributed by atoms with Crippen LogP contribution in [0.1, 0.15) is 24.0 Å². The molecule has 0 saturated carbocycles. The highest BCUT2D eigenvalue weighted by molar-refractivity contribution is 5.25. The summed E-state index contributed by atoms with van der Waals surface area (Å²) in [4.78, 5) is 0. The predicted molar refractivity (Wildman–Crippen MR) is 61.9 cm³/mol. The van der Waals surface area contributed by atoms with E-state index in [1.165, 1.54) is 6.07 Å². The summed E-state index contributed by atoms with van der Waals surface area (Å²) in [5.41, 5.74) is 0.863. The van der Waals surface area contributed by atoms with Crippen LogP contribution in [-0.2, 0) is 6.42 Å². The van der Waals surface area contributed by atoms with E-state index in [4.69, 9.17) is 0 Å². The van der Waals surface area contributed by atoms with Gasteiger partial charge in [0.15, 0.2) is 0 Å². The Morgan fingerprint density at radius 3 is 3.00 bits per heavy atom. The molecule has 16 heavy (non-hydrogen) atoms. The van der Waals surface area contributed by atoms with E-state index < -0.39 is 5.60 Å². The van der Waals surface area contributed by atoms with E-state index in [9.17, 15) is 9.50 Å². The van der Waals surface area contributed by atoms with Crippen molar-refractivity contribution in [1.82, 2.24) is 5.32 Å². The van der Waals surface area contributed by atoms with Crippen molar-refractivity contribution in [2.24, 2.45) is 0 Å². The largest absolute Gasteiger partial charge is 0.388 e. The third-order valence-electron chi connectivity index (χ3n) is 3.17. The molecule has 1 heterocycles. The SMILES string of the molecule is Cc1ccc(F)c(CC2(O)CCCNC2)c1. The quantitative estimate of drug-likeness (QED) is 0.801. The number of rotatable bonds is 2. The van der Waals surface area contributed by atoms with Gasteiger partial charge in [-0.05, 0) is 37.9 Å². The molecule has 1 atom stereocenters. The molecule has 1 unspecified atom stereocenters. The van der Waals surface area contributed by atoms with Gasteiger partial charge < -0.3 is 10.4 Å². The first-order valence-corrected chi connectivity index (χ1v) is 5.77. The second kappa shape index (κ2) is 4.52. The monoisotopic (exact) mass is 223 g/mol. The summed E-state index contributed by atoms with van der Waals surface area (Å²) in [6.45, 7) is 3.44. The van der Waals surface area contributed by atoms with E-state index in [1.807, 2.05) is 13.0 Å². The summed E-state index contributed by atoms with van der Waals surface area (Å²) in [5, 5.41) is 13.5. The van der Waals surface area contributed by atoms with Crippen LogP contribution in [0, 0.1) is 12.7 Å². The highest BCUT2D eigenvalue weighted by Gasteiger charge is 2.30. The molecule has 1 aromatic rings. The average Bonchev–Trinajstić information content (AvgIpc) is 2.24. The van der Waals surface area contributed by atoms with Crippen molar-refractivity contribution in [3.05, 3.63) is 35.1 Å². The Balaban J connectivity index is 2.15. The zero-order valence-electron chi connectivity index (χ0n) is 9.59. The molecule has 2 rings (SSSR count). The molecule has 1 aliphatic rings. The van der Waals surface area contributed by atoms with Crippen molar-refractivity contribution in [1.29, 1.82) is 0 Å². The number of aliphatic hydroxyl groups is 1. The Labute approximate surface area is 95.5 Å². The van der Waals surface area contributed by atoms with E-state index in [-0.39, 0.29) is 5.82 Å². The number of halogens is 1. The van der Waals surface area contributed by atoms with Crippen LogP contribution in [0.15, 0.2) is 18.2 Å². The Kier molecular flexibility index (Phi) is 3.26. The van der Waals surface area contributed by atoms with Crippen molar-refractivity contribution in [3.63, 3.8) is 0 Å². The van der Waals surface area contributed by atoms with Gasteiger partial charge in [0.25, 0.3) is 0 Å². The maximum absolute atomic E-state index is 13.6. The summed E-state index contributed by atoms with van der Waals surface area (Å²) < 4.78 is 13.6. The summed E-state index contributed by atoms with van der Waals surface area (Å²) in [6.07, 6.45) is 2.09. The van der Waals surface area contributed by atoms with Crippen LogP contribution >= 0.6 is 0 Å². The van der Waals surface area contributed by atoms with Gasteiger partial charge in [-0.3, -0.25) is 0 Å². The summed E-state index contributed by atoms with van der Waals surface area (Å²) in [7, 11) is 0. The first-order valence-electron chi connectivity index (χ1n) is 5.77. The molecule has 1 aromatic carbocycles. The van der Waals surface area contributed by atoms with Gasteiger partial charge in [0.05, 0.1) is 5.60 Å². The third-order valence-corrected chi connectivity index (χ3v) is 3.17. The Hall–Kier alpha value is -0.930. The van der Waals surface area contributed by atoms with Crippen LogP contribution in [0.3, 0.4) is 0 Å². The molecular weight excluding hydrogens is 205 g/mol. The minimum atomic E-state index is -0.785. The van der Waals surface area contributed by atoms with Gasteiger partial charge in [-0.1, -0.05) is 17.7 Å². The zero-order chi connectivity index (χ0) is 11.6. The van der Waals surface area contributed by atoms with Crippen LogP contribution in [0.5, 0.6) is 0 Å². The predicted octanol–water partition coefficient (Wildman–Crippen LogP) is 1.79. The molecule has 0 spiro atoms. The van der Waals surface area contributed by atoms with Crippen molar-refractivity contribution < 1.29 is 9.50 Å². The van der Waals surface area contributed by atoms with Crippen molar-refractivity contribution in [3.8, 4) is 0 Å². The fourth-order valence-electron chi connectivity index (χ4n) is 2.30. The topological polar surface area (TPSA) is 32.3 Å². The standard InChI is InChI=1S/C13H18FNO/c1-10-3-4-12(14)11(7-10)8-13(16)5-2-6-15-9-13/h3-4,7,15-16H,2,5-6,8-9H2,1H3. The molecule has 0 aliphatic carbocycles. The molecule has 1 saturated heterocycles. The lowest BCUT2D eigenvalue weighted by molar-refractivity contribution is 0.0162. The van der Waals surface area contributed by atoms with Gasteiger partial charge in [-0.2, -0.15) is 0 Å². The highest BCUT2D eigenvalue weighted by Crippen LogP contribution is 2.23. The van der Waals surface area contributed by atoms with Crippen LogP contribution in [0.2, 0.25) is 0 Å². The molecule has 1 aliphatic heterocycles. The first-order chi connectivity index (χ1) is 7.59. The second-order valence-corrected chi connectivity index (χ2v) is 4.78. The number of β-amino-alcohol motifs (C(OH)–C–C–N with tert-alkyl or cyclic N) is 1. The Morgan fingerprint density at radius 2 is 2.31 bits per heavy atom. The smallest absolute Gasteiger partial charge is 0.126 e. The average molecular weight is 223 g/mol. The van der Waals surface area contributed by atoms with Crippen LogP contribution in [-0.4, -0.2) is 23.8 Å². The van der Waals surface area contributed by atoms with Crippen LogP contribution < -0.4 is 5.32 Å². The molecule has 0 radical (unpaired) electrons. The number of piperidine rings is 1. The van der Waals surface area contributed by atoms with Gasteiger partial charge in [-0.25, -0.2) is 4.39 Å². The number of benzene rings is 1. The van der Waals surface area contributed by atoms with Crippen molar-refractivity contribution in [2.75, 3.05) is 13.1 Å². The normalized spacial score (nSPS) is 25.7. The van der Waals surface area contributed by atoms with Gasteiger partial charge in [0.1, 0.15) is 5.82 Å². The molecule has 0 bridgehead atoms. The van der Waals surface area contributed by atoms with Gasteiger partial charge in [0.2, 0.25) is 0 Å². The lowest BCUT2D eigenvalue weighted by Gasteiger charge is -2.32. The number of nitrogens with one attached hydrogen (secondary N) is 1. The number of aryl methyl sites for hydroxylation is 1. The molecule has 3 heteroatoms. The summed E-state index contributed by atoms with van der Waals surface area (Å²) in [6, 6.07) is 5.05. The second-order valence-electron chi connectivity index (χ2n) is 4.78. The summed E-state index contributed by atoms with van der Waals surface area (Å²) in [5.74, 6) is -0.218. The van der Waals surface area contributed by atoms with E-state index in [0.29, 0.717) is 18.5 Å². The van der Waals surface area contributed by atoms with E-state index in [1.54, 1.807) is 6.07 Å². The zero-order valence-corrected chi connectivity index (χ0v) is 9.59. The minimum absolute atomic E-state index is 0.218. The lowest BCUT2D eigenvalue weighted by Crippen LogP contribution is -2.47. The first kappa shape index (κ1) is 11.6. The maximum atomic E-state index is 13.6. The Bertz CT molecular complexity index is 372. The van der Waals surface area contributed by atoms with Crippen molar-refractivity contribution in [2.45, 2.75) is 31.8 Å². The molecular formula is C13H18FNO. The molecule has 0 amide bonds. The van der Waals surface area contributed by atoms with E-state index >= 15 is 0 Å². The molecule has 2 nitrogen and oxygen atoms in total. The van der Waals surface area contributed by atoms with Crippen molar-refractivity contribution >= 4 is 0 Å². The molecule has 0 aromatic heterocycles. The minimum Gasteiger partial charge on any atom is -0.388 e. The fourth-order valence-corrected chi connectivity index (χ4v) is 2.30. The van der Waals surface area contributed by atoms with E-state index in [0.717, 1.165) is 24.9 Å². The van der Waals surface area contributed by atoms with Crippen LogP contribution in [0.4, 0.5) is 4.39 Å². The maximum Gasteiger partial charge on any atom is 0.126 e. The van der Waals surface area contributed by atoms with Gasteiger partial charge in [-0.15, -0.1) is 0 Å². The molecule has 2 N–H and O–H groups in total. The molecule has 1 fully saturated rings. The Morgan fingerprint density at radius 1 is 1.50 bits per heavy atom. The fraction of sp³-hybridized carbons (Fsp3) is 0.538. The van der Waals surface area contributed by atoms with Gasteiger partial charge >= 0.3 is 0 Å². The third kappa shape index (κ3) is 2.60. The number of hydrogen-bond acceptors (Lipinski definition) is 2. The summed E-state index contributed by atoms with van der Waals surface area (Å²) >= 11 is 0. The molecule has 88 valence electrons. The van der Waals surface area contributed by atoms with E-state index in [2.05, 4.69) is 5.32 Å². The lowest BCUT2D eigenvalue weighted by atomic mass is 9.87. The highest BCUT2D eigenvalue weighted by atomic mass is 19.1. The van der Waals surface area contributed by atoms with Gasteiger partial charge in [0, 0.05) is 13.0 Å².